The lowest BCUT2D eigenvalue weighted by atomic mass is 9.82. The predicted octanol–water partition coefficient (Wildman–Crippen LogP) is 0.938. The van der Waals surface area contributed by atoms with Crippen LogP contribution >= 0.6 is 0 Å². The number of nitrogens with one attached hydrogen (secondary N) is 1. The number of nitrogens with two attached hydrogens (primary N) is 1. The molecule has 0 aliphatic heterocycles. The Morgan fingerprint density at radius 2 is 2.13 bits per heavy atom. The summed E-state index contributed by atoms with van der Waals surface area (Å²) in [6, 6.07) is 4.22. The number of ketones is 1. The van der Waals surface area contributed by atoms with Gasteiger partial charge >= 0.3 is 0 Å². The molecule has 2 atom stereocenters. The zero-order valence-corrected chi connectivity index (χ0v) is 12.4. The lowest BCUT2D eigenvalue weighted by Gasteiger charge is -2.28. The molecular formula is C15H17N3O5. The summed E-state index contributed by atoms with van der Waals surface area (Å²) in [5.74, 6) is -1.65. The maximum Gasteiger partial charge on any atom is 0.270 e. The maximum atomic E-state index is 12.2. The zero-order chi connectivity index (χ0) is 17.0. The van der Waals surface area contributed by atoms with Crippen LogP contribution < -0.4 is 11.1 Å². The number of non-ortho nitro benzene ring substituents is 1. The van der Waals surface area contributed by atoms with E-state index in [4.69, 9.17) is 5.73 Å². The molecule has 1 aliphatic carbocycles. The first-order valence-electron chi connectivity index (χ1n) is 7.25. The summed E-state index contributed by atoms with van der Waals surface area (Å²) in [5.41, 5.74) is 5.19. The van der Waals surface area contributed by atoms with Crippen LogP contribution in [-0.2, 0) is 9.59 Å². The first-order chi connectivity index (χ1) is 10.9. The van der Waals surface area contributed by atoms with Crippen LogP contribution in [0.4, 0.5) is 5.69 Å². The molecule has 0 unspecified atom stereocenters. The van der Waals surface area contributed by atoms with E-state index in [9.17, 15) is 24.5 Å². The standard InChI is InChI=1S/C15H17N3O5/c16-14(20)13(9-3-2-6-12(19)8-9)17-15(21)10-4-1-5-11(7-10)18(22)23/h1,4-5,7,9,13H,2-3,6,8H2,(H2,16,20)(H,17,21)/t9-,13-/m1/s1. The molecule has 122 valence electrons. The number of hydrogen-bond acceptors (Lipinski definition) is 5. The van der Waals surface area contributed by atoms with Gasteiger partial charge in [0.25, 0.3) is 11.6 Å². The Labute approximate surface area is 132 Å². The molecule has 1 aliphatic rings. The molecular weight excluding hydrogens is 302 g/mol. The normalized spacial score (nSPS) is 19.0. The summed E-state index contributed by atoms with van der Waals surface area (Å²) in [7, 11) is 0. The smallest absolute Gasteiger partial charge is 0.270 e. The Kier molecular flexibility index (Phi) is 5.05. The molecule has 0 spiro atoms. The van der Waals surface area contributed by atoms with Gasteiger partial charge in [-0.25, -0.2) is 0 Å². The molecule has 2 amide bonds. The van der Waals surface area contributed by atoms with Gasteiger partial charge in [-0.1, -0.05) is 6.07 Å². The fourth-order valence-corrected chi connectivity index (χ4v) is 2.75. The molecule has 1 aromatic rings. The molecule has 1 fully saturated rings. The molecule has 1 aromatic carbocycles. The number of nitro groups is 1. The van der Waals surface area contributed by atoms with Crippen LogP contribution in [0.3, 0.4) is 0 Å². The molecule has 2 rings (SSSR count). The summed E-state index contributed by atoms with van der Waals surface area (Å²) < 4.78 is 0. The van der Waals surface area contributed by atoms with E-state index in [0.29, 0.717) is 19.3 Å². The van der Waals surface area contributed by atoms with Crippen LogP contribution in [0.5, 0.6) is 0 Å². The molecule has 0 saturated heterocycles. The van der Waals surface area contributed by atoms with Gasteiger partial charge < -0.3 is 11.1 Å². The first-order valence-corrected chi connectivity index (χ1v) is 7.25. The highest BCUT2D eigenvalue weighted by molar-refractivity contribution is 5.98. The topological polar surface area (TPSA) is 132 Å². The van der Waals surface area contributed by atoms with E-state index in [2.05, 4.69) is 5.32 Å². The van der Waals surface area contributed by atoms with Crippen molar-refractivity contribution in [2.24, 2.45) is 11.7 Å². The molecule has 8 nitrogen and oxygen atoms in total. The number of carbonyl (C=O) groups is 3. The van der Waals surface area contributed by atoms with Gasteiger partial charge in [0, 0.05) is 30.5 Å². The Balaban J connectivity index is 2.15. The van der Waals surface area contributed by atoms with Gasteiger partial charge in [0.05, 0.1) is 4.92 Å². The van der Waals surface area contributed by atoms with Crippen molar-refractivity contribution in [3.63, 3.8) is 0 Å². The van der Waals surface area contributed by atoms with Gasteiger partial charge in [-0.15, -0.1) is 0 Å². The second kappa shape index (κ2) is 6.99. The number of nitro benzene ring substituents is 1. The number of rotatable bonds is 5. The minimum atomic E-state index is -0.967. The monoisotopic (exact) mass is 319 g/mol. The molecule has 1 saturated carbocycles. The average molecular weight is 319 g/mol. The molecule has 0 aromatic heterocycles. The van der Waals surface area contributed by atoms with Crippen molar-refractivity contribution in [3.05, 3.63) is 39.9 Å². The highest BCUT2D eigenvalue weighted by Crippen LogP contribution is 2.24. The summed E-state index contributed by atoms with van der Waals surface area (Å²) in [5, 5.41) is 13.3. The van der Waals surface area contributed by atoms with Crippen LogP contribution in [0.1, 0.15) is 36.0 Å². The summed E-state index contributed by atoms with van der Waals surface area (Å²) in [6.45, 7) is 0. The van der Waals surface area contributed by atoms with Crippen LogP contribution in [0.15, 0.2) is 24.3 Å². The Morgan fingerprint density at radius 1 is 1.39 bits per heavy atom. The lowest BCUT2D eigenvalue weighted by Crippen LogP contribution is -2.50. The minimum absolute atomic E-state index is 0.0390. The second-order valence-electron chi connectivity index (χ2n) is 5.56. The third-order valence-corrected chi connectivity index (χ3v) is 3.90. The highest BCUT2D eigenvalue weighted by Gasteiger charge is 2.32. The van der Waals surface area contributed by atoms with Gasteiger partial charge in [-0.05, 0) is 24.8 Å². The minimum Gasteiger partial charge on any atom is -0.368 e. The van der Waals surface area contributed by atoms with E-state index in [1.807, 2.05) is 0 Å². The molecule has 3 N–H and O–H groups in total. The first kappa shape index (κ1) is 16.6. The van der Waals surface area contributed by atoms with Gasteiger partial charge in [-0.3, -0.25) is 24.5 Å². The van der Waals surface area contributed by atoms with E-state index in [1.165, 1.54) is 18.2 Å². The number of benzene rings is 1. The fraction of sp³-hybridized carbons (Fsp3) is 0.400. The predicted molar refractivity (Wildman–Crippen MR) is 80.5 cm³/mol. The Morgan fingerprint density at radius 3 is 2.74 bits per heavy atom. The number of amides is 2. The largest absolute Gasteiger partial charge is 0.368 e. The van der Waals surface area contributed by atoms with Gasteiger partial charge in [-0.2, -0.15) is 0 Å². The Bertz CT molecular complexity index is 658. The Hall–Kier alpha value is -2.77. The number of carbonyl (C=O) groups excluding carboxylic acids is 3. The van der Waals surface area contributed by atoms with E-state index in [0.717, 1.165) is 6.07 Å². The van der Waals surface area contributed by atoms with Crippen molar-refractivity contribution in [1.29, 1.82) is 0 Å². The molecule has 0 heterocycles. The number of Topliss-reactive ketones (excluding diaryl/α,β-unsaturated/α-hetero) is 1. The van der Waals surface area contributed by atoms with E-state index >= 15 is 0 Å². The number of nitrogens with zero attached hydrogens (tertiary/aromatic N) is 1. The van der Waals surface area contributed by atoms with Crippen molar-refractivity contribution in [1.82, 2.24) is 5.32 Å². The average Bonchev–Trinajstić information content (AvgIpc) is 2.52. The van der Waals surface area contributed by atoms with Gasteiger partial charge in [0.1, 0.15) is 11.8 Å². The van der Waals surface area contributed by atoms with Crippen molar-refractivity contribution >= 4 is 23.3 Å². The third kappa shape index (κ3) is 4.12. The molecule has 8 heteroatoms. The van der Waals surface area contributed by atoms with E-state index in [1.54, 1.807) is 0 Å². The quantitative estimate of drug-likeness (QED) is 0.615. The second-order valence-corrected chi connectivity index (χ2v) is 5.56. The summed E-state index contributed by atoms with van der Waals surface area (Å²) in [4.78, 5) is 45.5. The van der Waals surface area contributed by atoms with E-state index < -0.39 is 22.8 Å². The van der Waals surface area contributed by atoms with Crippen molar-refractivity contribution in [2.75, 3.05) is 0 Å². The van der Waals surface area contributed by atoms with Crippen LogP contribution in [0.25, 0.3) is 0 Å². The van der Waals surface area contributed by atoms with Crippen molar-refractivity contribution in [3.8, 4) is 0 Å². The molecule has 0 radical (unpaired) electrons. The lowest BCUT2D eigenvalue weighted by molar-refractivity contribution is -0.384. The van der Waals surface area contributed by atoms with Gasteiger partial charge in [0.15, 0.2) is 0 Å². The molecule has 0 bridgehead atoms. The van der Waals surface area contributed by atoms with Crippen molar-refractivity contribution < 1.29 is 19.3 Å². The summed E-state index contributed by atoms with van der Waals surface area (Å²) >= 11 is 0. The van der Waals surface area contributed by atoms with Crippen LogP contribution in [0.2, 0.25) is 0 Å². The van der Waals surface area contributed by atoms with Crippen molar-refractivity contribution in [2.45, 2.75) is 31.7 Å². The van der Waals surface area contributed by atoms with Crippen LogP contribution in [-0.4, -0.2) is 28.6 Å². The summed E-state index contributed by atoms with van der Waals surface area (Å²) in [6.07, 6.45) is 1.94. The third-order valence-electron chi connectivity index (χ3n) is 3.90. The van der Waals surface area contributed by atoms with Gasteiger partial charge in [0.2, 0.25) is 5.91 Å². The fourth-order valence-electron chi connectivity index (χ4n) is 2.75. The highest BCUT2D eigenvalue weighted by atomic mass is 16.6. The van der Waals surface area contributed by atoms with E-state index in [-0.39, 0.29) is 29.4 Å². The number of hydrogen-bond donors (Lipinski definition) is 2. The molecule has 23 heavy (non-hydrogen) atoms. The number of primary amides is 1. The van der Waals surface area contributed by atoms with Crippen LogP contribution in [0, 0.1) is 16.0 Å². The zero-order valence-electron chi connectivity index (χ0n) is 12.4. The SMILES string of the molecule is NC(=O)[C@H](NC(=O)c1cccc([N+](=O)[O-])c1)[C@@H]1CCCC(=O)C1. The maximum absolute atomic E-state index is 12.2.